The SMILES string of the molecule is Cc1ccc(S(=O)(=O)N(CC(=O)N(Cc2ccccc2C)C(C)C(=O)NC(C)C)c2ccc(C)cc2C)cc1. The highest BCUT2D eigenvalue weighted by molar-refractivity contribution is 7.92. The number of amides is 2. The summed E-state index contributed by atoms with van der Waals surface area (Å²) in [5, 5.41) is 2.88. The molecular formula is C31H39N3O4S. The van der Waals surface area contributed by atoms with E-state index in [1.54, 1.807) is 37.3 Å². The highest BCUT2D eigenvalue weighted by Gasteiger charge is 2.33. The van der Waals surface area contributed by atoms with Crippen molar-refractivity contribution in [3.05, 3.63) is 94.5 Å². The number of benzene rings is 3. The summed E-state index contributed by atoms with van der Waals surface area (Å²) in [6.07, 6.45) is 0. The molecule has 0 spiro atoms. The average molecular weight is 550 g/mol. The summed E-state index contributed by atoms with van der Waals surface area (Å²) in [6.45, 7) is 12.7. The second kappa shape index (κ2) is 12.5. The zero-order valence-corrected chi connectivity index (χ0v) is 24.7. The first kappa shape index (κ1) is 29.9. The normalized spacial score (nSPS) is 12.2. The van der Waals surface area contributed by atoms with Gasteiger partial charge >= 0.3 is 0 Å². The molecule has 0 radical (unpaired) electrons. The molecule has 1 atom stereocenters. The summed E-state index contributed by atoms with van der Waals surface area (Å²) in [7, 11) is -4.10. The van der Waals surface area contributed by atoms with Crippen molar-refractivity contribution in [2.24, 2.45) is 0 Å². The molecule has 3 aromatic carbocycles. The number of rotatable bonds is 10. The Balaban J connectivity index is 2.08. The maximum Gasteiger partial charge on any atom is 0.264 e. The van der Waals surface area contributed by atoms with E-state index in [0.29, 0.717) is 5.69 Å². The van der Waals surface area contributed by atoms with Crippen molar-refractivity contribution in [3.63, 3.8) is 0 Å². The number of nitrogens with one attached hydrogen (secondary N) is 1. The third kappa shape index (κ3) is 7.26. The van der Waals surface area contributed by atoms with Crippen molar-refractivity contribution in [1.29, 1.82) is 0 Å². The van der Waals surface area contributed by atoms with E-state index in [1.165, 1.54) is 4.90 Å². The average Bonchev–Trinajstić information content (AvgIpc) is 2.86. The third-order valence-electron chi connectivity index (χ3n) is 6.71. The van der Waals surface area contributed by atoms with Crippen LogP contribution in [0.3, 0.4) is 0 Å². The van der Waals surface area contributed by atoms with Crippen molar-refractivity contribution < 1.29 is 18.0 Å². The standard InChI is InChI=1S/C31H39N3O4S/c1-21(2)32-31(36)26(7)33(19-27-11-9-8-10-24(27)5)30(35)20-34(29-17-14-23(4)18-25(29)6)39(37,38)28-15-12-22(3)13-16-28/h8-18,21,26H,19-20H2,1-7H3,(H,32,36). The molecule has 2 amide bonds. The van der Waals surface area contributed by atoms with Gasteiger partial charge < -0.3 is 10.2 Å². The first-order valence-corrected chi connectivity index (χ1v) is 14.6. The summed E-state index contributed by atoms with van der Waals surface area (Å²) in [4.78, 5) is 28.6. The van der Waals surface area contributed by atoms with Crippen molar-refractivity contribution in [1.82, 2.24) is 10.2 Å². The van der Waals surface area contributed by atoms with Gasteiger partial charge in [0.05, 0.1) is 10.6 Å². The van der Waals surface area contributed by atoms with Crippen molar-refractivity contribution in [2.75, 3.05) is 10.8 Å². The van der Waals surface area contributed by atoms with Crippen LogP contribution >= 0.6 is 0 Å². The van der Waals surface area contributed by atoms with E-state index in [-0.39, 0.29) is 23.4 Å². The van der Waals surface area contributed by atoms with Gasteiger partial charge in [-0.3, -0.25) is 13.9 Å². The number of sulfonamides is 1. The number of carbonyl (C=O) groups excluding carboxylic acids is 2. The van der Waals surface area contributed by atoms with Gasteiger partial charge in [-0.15, -0.1) is 0 Å². The molecule has 0 saturated heterocycles. The fourth-order valence-electron chi connectivity index (χ4n) is 4.39. The zero-order valence-electron chi connectivity index (χ0n) is 23.9. The molecule has 0 aliphatic rings. The summed E-state index contributed by atoms with van der Waals surface area (Å²) < 4.78 is 29.1. The predicted octanol–water partition coefficient (Wildman–Crippen LogP) is 5.06. The predicted molar refractivity (Wildman–Crippen MR) is 156 cm³/mol. The molecule has 0 aromatic heterocycles. The number of anilines is 1. The van der Waals surface area contributed by atoms with Gasteiger partial charge in [-0.1, -0.05) is 59.7 Å². The summed E-state index contributed by atoms with van der Waals surface area (Å²) >= 11 is 0. The van der Waals surface area contributed by atoms with E-state index in [4.69, 9.17) is 0 Å². The largest absolute Gasteiger partial charge is 0.352 e. The smallest absolute Gasteiger partial charge is 0.264 e. The Hall–Kier alpha value is -3.65. The van der Waals surface area contributed by atoms with Gasteiger partial charge in [0.25, 0.3) is 10.0 Å². The Labute approximate surface area is 232 Å². The Kier molecular flexibility index (Phi) is 9.56. The first-order chi connectivity index (χ1) is 18.3. The van der Waals surface area contributed by atoms with E-state index in [9.17, 15) is 18.0 Å². The van der Waals surface area contributed by atoms with E-state index in [0.717, 1.165) is 32.1 Å². The van der Waals surface area contributed by atoms with Gasteiger partial charge in [-0.25, -0.2) is 8.42 Å². The number of aryl methyl sites for hydroxylation is 4. The minimum atomic E-state index is -4.10. The minimum Gasteiger partial charge on any atom is -0.352 e. The Morgan fingerprint density at radius 1 is 0.821 bits per heavy atom. The van der Waals surface area contributed by atoms with Crippen LogP contribution < -0.4 is 9.62 Å². The van der Waals surface area contributed by atoms with Crippen LogP contribution in [0.15, 0.2) is 71.6 Å². The molecule has 39 heavy (non-hydrogen) atoms. The van der Waals surface area contributed by atoms with Crippen LogP contribution in [0, 0.1) is 27.7 Å². The summed E-state index contributed by atoms with van der Waals surface area (Å²) in [5.41, 5.74) is 4.92. The molecular weight excluding hydrogens is 510 g/mol. The second-order valence-corrected chi connectivity index (χ2v) is 12.3. The number of hydrogen-bond acceptors (Lipinski definition) is 4. The summed E-state index contributed by atoms with van der Waals surface area (Å²) in [6, 6.07) is 18.7. The van der Waals surface area contributed by atoms with E-state index >= 15 is 0 Å². The van der Waals surface area contributed by atoms with Gasteiger partial charge in [-0.2, -0.15) is 0 Å². The summed E-state index contributed by atoms with van der Waals surface area (Å²) in [5.74, 6) is -0.772. The minimum absolute atomic E-state index is 0.0944. The molecule has 0 bridgehead atoms. The van der Waals surface area contributed by atoms with Gasteiger partial charge in [0, 0.05) is 12.6 Å². The van der Waals surface area contributed by atoms with Crippen LogP contribution in [0.1, 0.15) is 48.6 Å². The molecule has 8 heteroatoms. The van der Waals surface area contributed by atoms with Crippen LogP contribution in [-0.4, -0.2) is 43.8 Å². The maximum absolute atomic E-state index is 14.0. The van der Waals surface area contributed by atoms with Crippen LogP contribution in [-0.2, 0) is 26.2 Å². The second-order valence-electron chi connectivity index (χ2n) is 10.4. The molecule has 208 valence electrons. The monoisotopic (exact) mass is 549 g/mol. The van der Waals surface area contributed by atoms with Crippen molar-refractivity contribution >= 4 is 27.5 Å². The molecule has 1 N–H and O–H groups in total. The molecule has 0 aliphatic carbocycles. The quantitative estimate of drug-likeness (QED) is 0.383. The van der Waals surface area contributed by atoms with E-state index in [2.05, 4.69) is 5.32 Å². The zero-order chi connectivity index (χ0) is 28.9. The highest BCUT2D eigenvalue weighted by atomic mass is 32.2. The molecule has 3 rings (SSSR count). The Morgan fingerprint density at radius 2 is 1.44 bits per heavy atom. The van der Waals surface area contributed by atoms with Crippen LogP contribution in [0.5, 0.6) is 0 Å². The van der Waals surface area contributed by atoms with Crippen LogP contribution in [0.2, 0.25) is 0 Å². The van der Waals surface area contributed by atoms with E-state index < -0.39 is 28.5 Å². The third-order valence-corrected chi connectivity index (χ3v) is 8.48. The van der Waals surface area contributed by atoms with Crippen LogP contribution in [0.25, 0.3) is 0 Å². The van der Waals surface area contributed by atoms with Gasteiger partial charge in [0.2, 0.25) is 11.8 Å². The first-order valence-electron chi connectivity index (χ1n) is 13.1. The molecule has 7 nitrogen and oxygen atoms in total. The van der Waals surface area contributed by atoms with E-state index in [1.807, 2.05) is 77.9 Å². The fraction of sp³-hybridized carbons (Fsp3) is 0.355. The van der Waals surface area contributed by atoms with Crippen LogP contribution in [0.4, 0.5) is 5.69 Å². The lowest BCUT2D eigenvalue weighted by atomic mass is 10.1. The molecule has 0 aliphatic heterocycles. The Bertz CT molecular complexity index is 1430. The maximum atomic E-state index is 14.0. The molecule has 0 saturated carbocycles. The number of nitrogens with zero attached hydrogens (tertiary/aromatic N) is 2. The fourth-order valence-corrected chi connectivity index (χ4v) is 5.87. The van der Waals surface area contributed by atoms with Gasteiger partial charge in [0.1, 0.15) is 12.6 Å². The lowest BCUT2D eigenvalue weighted by Crippen LogP contribution is -2.52. The Morgan fingerprint density at radius 3 is 2.03 bits per heavy atom. The van der Waals surface area contributed by atoms with Crippen molar-refractivity contribution in [3.8, 4) is 0 Å². The number of carbonyl (C=O) groups is 2. The number of hydrogen-bond donors (Lipinski definition) is 1. The van der Waals surface area contributed by atoms with Crippen molar-refractivity contribution in [2.45, 2.75) is 72.0 Å². The van der Waals surface area contributed by atoms with Gasteiger partial charge in [0.15, 0.2) is 0 Å². The molecule has 1 unspecified atom stereocenters. The molecule has 0 heterocycles. The molecule has 0 fully saturated rings. The highest BCUT2D eigenvalue weighted by Crippen LogP contribution is 2.28. The topological polar surface area (TPSA) is 86.8 Å². The lowest BCUT2D eigenvalue weighted by Gasteiger charge is -2.33. The lowest BCUT2D eigenvalue weighted by molar-refractivity contribution is -0.139. The van der Waals surface area contributed by atoms with Gasteiger partial charge in [-0.05, 0) is 83.4 Å². The molecule has 3 aromatic rings.